The van der Waals surface area contributed by atoms with Gasteiger partial charge in [-0.15, -0.1) is 0 Å². The number of carbonyl (C=O) groups is 1. The molecule has 2 rings (SSSR count). The minimum absolute atomic E-state index is 0.00126. The lowest BCUT2D eigenvalue weighted by Crippen LogP contribution is -1.95. The summed E-state index contributed by atoms with van der Waals surface area (Å²) in [5, 5.41) is 11.6. The maximum absolute atomic E-state index is 12.0. The summed E-state index contributed by atoms with van der Waals surface area (Å²) in [6.07, 6.45) is 5.93. The molecule has 0 amide bonds. The van der Waals surface area contributed by atoms with Crippen LogP contribution in [0, 0.1) is 10.1 Å². The van der Waals surface area contributed by atoms with E-state index in [0.717, 1.165) is 0 Å². The van der Waals surface area contributed by atoms with Gasteiger partial charge in [-0.2, -0.15) is 0 Å². The fraction of sp³-hybridized carbons (Fsp3) is 0. The van der Waals surface area contributed by atoms with Crippen LogP contribution < -0.4 is 0 Å². The van der Waals surface area contributed by atoms with Gasteiger partial charge in [-0.05, 0) is 36.4 Å². The van der Waals surface area contributed by atoms with E-state index in [2.05, 4.69) is 0 Å². The molecule has 0 saturated carbocycles. The molecule has 0 bridgehead atoms. The maximum Gasteiger partial charge on any atom is 0.276 e. The first-order valence-corrected chi connectivity index (χ1v) is 7.32. The van der Waals surface area contributed by atoms with E-state index in [1.807, 2.05) is 0 Å². The van der Waals surface area contributed by atoms with Crippen molar-refractivity contribution < 1.29 is 9.72 Å². The number of allylic oxidation sites excluding steroid dienone is 3. The summed E-state index contributed by atoms with van der Waals surface area (Å²) in [4.78, 5) is 22.5. The molecule has 0 unspecified atom stereocenters. The highest BCUT2D eigenvalue weighted by Crippen LogP contribution is 2.22. The van der Waals surface area contributed by atoms with Crippen LogP contribution in [-0.2, 0) is 0 Å². The highest BCUT2D eigenvalue weighted by Gasteiger charge is 2.09. The van der Waals surface area contributed by atoms with Gasteiger partial charge in [0.05, 0.1) is 15.5 Å². The number of nitrogens with zero attached hydrogens (tertiary/aromatic N) is 1. The van der Waals surface area contributed by atoms with Crippen molar-refractivity contribution >= 4 is 40.7 Å². The van der Waals surface area contributed by atoms with Crippen LogP contribution in [0.15, 0.2) is 60.7 Å². The second-order valence-electron chi connectivity index (χ2n) is 4.52. The Labute approximate surface area is 142 Å². The fourth-order valence-electron chi connectivity index (χ4n) is 1.87. The molecule has 0 spiro atoms. The number of halogens is 2. The standard InChI is InChI=1S/C17H11Cl2NO3/c18-13-9-10-15(19)14(11-13)17(21)8-4-2-6-12-5-1-3-7-16(12)20(22)23/h1-11H/b6-2+,8-4+. The molecular weight excluding hydrogens is 337 g/mol. The molecule has 0 radical (unpaired) electrons. The van der Waals surface area contributed by atoms with Gasteiger partial charge in [0.1, 0.15) is 0 Å². The SMILES string of the molecule is O=C(/C=C/C=C/c1ccccc1[N+](=O)[O-])c1cc(Cl)ccc1Cl. The average molecular weight is 348 g/mol. The van der Waals surface area contributed by atoms with Crippen LogP contribution in [0.2, 0.25) is 10.0 Å². The van der Waals surface area contributed by atoms with E-state index in [-0.39, 0.29) is 11.5 Å². The fourth-order valence-corrected chi connectivity index (χ4v) is 2.26. The second kappa shape index (κ2) is 7.72. The lowest BCUT2D eigenvalue weighted by molar-refractivity contribution is -0.385. The van der Waals surface area contributed by atoms with Crippen molar-refractivity contribution in [3.8, 4) is 0 Å². The molecule has 116 valence electrons. The zero-order chi connectivity index (χ0) is 16.8. The molecule has 0 saturated heterocycles. The van der Waals surface area contributed by atoms with Crippen LogP contribution in [0.3, 0.4) is 0 Å². The van der Waals surface area contributed by atoms with Gasteiger partial charge in [-0.1, -0.05) is 47.5 Å². The smallest absolute Gasteiger partial charge is 0.276 e. The molecule has 0 heterocycles. The Kier molecular flexibility index (Phi) is 5.68. The van der Waals surface area contributed by atoms with Crippen molar-refractivity contribution in [2.24, 2.45) is 0 Å². The number of carbonyl (C=O) groups excluding carboxylic acids is 1. The van der Waals surface area contributed by atoms with E-state index in [0.29, 0.717) is 21.2 Å². The van der Waals surface area contributed by atoms with E-state index in [9.17, 15) is 14.9 Å². The van der Waals surface area contributed by atoms with Crippen LogP contribution in [0.1, 0.15) is 15.9 Å². The van der Waals surface area contributed by atoms with Crippen molar-refractivity contribution in [3.05, 3.63) is 92.0 Å². The van der Waals surface area contributed by atoms with E-state index in [1.165, 1.54) is 24.3 Å². The Morgan fingerprint density at radius 3 is 2.57 bits per heavy atom. The van der Waals surface area contributed by atoms with E-state index < -0.39 is 4.92 Å². The summed E-state index contributed by atoms with van der Waals surface area (Å²) in [5.41, 5.74) is 0.756. The van der Waals surface area contributed by atoms with Gasteiger partial charge in [-0.25, -0.2) is 0 Å². The number of rotatable bonds is 5. The van der Waals surface area contributed by atoms with Crippen LogP contribution in [-0.4, -0.2) is 10.7 Å². The summed E-state index contributed by atoms with van der Waals surface area (Å²) in [5.74, 6) is -0.301. The molecule has 0 aliphatic carbocycles. The molecule has 0 aliphatic heterocycles. The Balaban J connectivity index is 2.14. The number of nitro benzene ring substituents is 1. The highest BCUT2D eigenvalue weighted by atomic mass is 35.5. The average Bonchev–Trinajstić information content (AvgIpc) is 2.53. The van der Waals surface area contributed by atoms with Crippen molar-refractivity contribution in [2.45, 2.75) is 0 Å². The van der Waals surface area contributed by atoms with Crippen molar-refractivity contribution in [3.63, 3.8) is 0 Å². The third kappa shape index (κ3) is 4.52. The molecule has 6 heteroatoms. The lowest BCUT2D eigenvalue weighted by atomic mass is 10.1. The minimum Gasteiger partial charge on any atom is -0.289 e. The first-order chi connectivity index (χ1) is 11.0. The third-order valence-electron chi connectivity index (χ3n) is 2.96. The van der Waals surface area contributed by atoms with Gasteiger partial charge in [0.2, 0.25) is 0 Å². The molecule has 0 N–H and O–H groups in total. The molecule has 0 fully saturated rings. The maximum atomic E-state index is 12.0. The Morgan fingerprint density at radius 1 is 1.09 bits per heavy atom. The summed E-state index contributed by atoms with van der Waals surface area (Å²) in [6, 6.07) is 11.0. The zero-order valence-electron chi connectivity index (χ0n) is 11.8. The first kappa shape index (κ1) is 16.9. The predicted octanol–water partition coefficient (Wildman–Crippen LogP) is 5.35. The van der Waals surface area contributed by atoms with Crippen LogP contribution in [0.4, 0.5) is 5.69 Å². The molecular formula is C17H11Cl2NO3. The van der Waals surface area contributed by atoms with Gasteiger partial charge in [-0.3, -0.25) is 14.9 Å². The van der Waals surface area contributed by atoms with Gasteiger partial charge < -0.3 is 0 Å². The van der Waals surface area contributed by atoms with E-state index in [4.69, 9.17) is 23.2 Å². The molecule has 0 aromatic heterocycles. The number of ketones is 1. The van der Waals surface area contributed by atoms with Gasteiger partial charge >= 0.3 is 0 Å². The zero-order valence-corrected chi connectivity index (χ0v) is 13.3. The van der Waals surface area contributed by atoms with Crippen molar-refractivity contribution in [2.75, 3.05) is 0 Å². The number of benzene rings is 2. The second-order valence-corrected chi connectivity index (χ2v) is 5.37. The molecule has 0 aliphatic rings. The summed E-state index contributed by atoms with van der Waals surface area (Å²) >= 11 is 11.8. The van der Waals surface area contributed by atoms with E-state index in [1.54, 1.807) is 42.5 Å². The molecule has 4 nitrogen and oxygen atoms in total. The number of nitro groups is 1. The molecule has 23 heavy (non-hydrogen) atoms. The normalized spacial score (nSPS) is 11.2. The topological polar surface area (TPSA) is 60.2 Å². The largest absolute Gasteiger partial charge is 0.289 e. The summed E-state index contributed by atoms with van der Waals surface area (Å²) in [6.45, 7) is 0. The van der Waals surface area contributed by atoms with E-state index >= 15 is 0 Å². The monoisotopic (exact) mass is 347 g/mol. The highest BCUT2D eigenvalue weighted by molar-refractivity contribution is 6.36. The Morgan fingerprint density at radius 2 is 1.83 bits per heavy atom. The van der Waals surface area contributed by atoms with Gasteiger partial charge in [0.15, 0.2) is 5.78 Å². The van der Waals surface area contributed by atoms with Gasteiger partial charge in [0.25, 0.3) is 5.69 Å². The molecule has 2 aromatic carbocycles. The number of hydrogen-bond acceptors (Lipinski definition) is 3. The number of para-hydroxylation sites is 1. The summed E-state index contributed by atoms with van der Waals surface area (Å²) in [7, 11) is 0. The molecule has 2 aromatic rings. The van der Waals surface area contributed by atoms with Gasteiger partial charge in [0, 0.05) is 16.7 Å². The first-order valence-electron chi connectivity index (χ1n) is 6.56. The minimum atomic E-state index is -0.458. The van der Waals surface area contributed by atoms with Crippen LogP contribution in [0.25, 0.3) is 6.08 Å². The Bertz CT molecular complexity index is 813. The predicted molar refractivity (Wildman–Crippen MR) is 92.1 cm³/mol. The van der Waals surface area contributed by atoms with Crippen molar-refractivity contribution in [1.82, 2.24) is 0 Å². The van der Waals surface area contributed by atoms with Crippen LogP contribution in [0.5, 0.6) is 0 Å². The van der Waals surface area contributed by atoms with Crippen LogP contribution >= 0.6 is 23.2 Å². The third-order valence-corrected chi connectivity index (χ3v) is 3.53. The van der Waals surface area contributed by atoms with Crippen molar-refractivity contribution in [1.29, 1.82) is 0 Å². The Hall–Kier alpha value is -2.43. The number of hydrogen-bond donors (Lipinski definition) is 0. The quantitative estimate of drug-likeness (QED) is 0.240. The molecule has 0 atom stereocenters. The lowest BCUT2D eigenvalue weighted by Gasteiger charge is -1.99. The summed E-state index contributed by atoms with van der Waals surface area (Å²) < 4.78 is 0.